The van der Waals surface area contributed by atoms with Crippen LogP contribution in [0.3, 0.4) is 0 Å². The maximum Gasteiger partial charge on any atom is 0.251 e. The first-order chi connectivity index (χ1) is 10.1. The van der Waals surface area contributed by atoms with Gasteiger partial charge in [-0.3, -0.25) is 9.59 Å². The van der Waals surface area contributed by atoms with E-state index >= 15 is 0 Å². The third kappa shape index (κ3) is 6.78. The second-order valence-corrected chi connectivity index (χ2v) is 4.74. The lowest BCUT2D eigenvalue weighted by Gasteiger charge is -2.12. The van der Waals surface area contributed by atoms with Crippen LogP contribution < -0.4 is 20.7 Å². The Labute approximate surface area is 137 Å². The van der Waals surface area contributed by atoms with Crippen LogP contribution >= 0.6 is 12.4 Å². The Kier molecular flexibility index (Phi) is 9.98. The molecule has 0 saturated heterocycles. The summed E-state index contributed by atoms with van der Waals surface area (Å²) in [4.78, 5) is 23.6. The number of hydrogen-bond acceptors (Lipinski definition) is 4. The zero-order valence-corrected chi connectivity index (χ0v) is 14.0. The maximum absolute atomic E-state index is 11.9. The minimum absolute atomic E-state index is 0. The number of amides is 2. The number of carbonyl (C=O) groups excluding carboxylic acids is 2. The highest BCUT2D eigenvalue weighted by Crippen LogP contribution is 2.12. The van der Waals surface area contributed by atoms with E-state index in [1.54, 1.807) is 38.4 Å². The fourth-order valence-corrected chi connectivity index (χ4v) is 1.80. The van der Waals surface area contributed by atoms with Crippen molar-refractivity contribution in [2.24, 2.45) is 5.92 Å². The van der Waals surface area contributed by atoms with Crippen molar-refractivity contribution in [1.82, 2.24) is 16.0 Å². The van der Waals surface area contributed by atoms with Gasteiger partial charge in [0.2, 0.25) is 5.91 Å². The lowest BCUT2D eigenvalue weighted by Crippen LogP contribution is -2.39. The topological polar surface area (TPSA) is 79.5 Å². The molecule has 1 unspecified atom stereocenters. The van der Waals surface area contributed by atoms with Gasteiger partial charge in [-0.05, 0) is 25.2 Å². The molecular weight excluding hydrogens is 306 g/mol. The number of hydrogen-bond donors (Lipinski definition) is 3. The van der Waals surface area contributed by atoms with Crippen LogP contribution in [0.15, 0.2) is 24.3 Å². The molecule has 0 heterocycles. The predicted molar refractivity (Wildman–Crippen MR) is 88.7 cm³/mol. The molecule has 0 aliphatic rings. The van der Waals surface area contributed by atoms with Gasteiger partial charge in [-0.2, -0.15) is 0 Å². The number of methoxy groups -OCH3 is 1. The minimum atomic E-state index is -0.188. The third-order valence-electron chi connectivity index (χ3n) is 3.00. The Morgan fingerprint density at radius 2 is 1.91 bits per heavy atom. The first-order valence-corrected chi connectivity index (χ1v) is 6.93. The van der Waals surface area contributed by atoms with Gasteiger partial charge in [0.1, 0.15) is 5.75 Å². The molecule has 1 aromatic carbocycles. The average molecular weight is 330 g/mol. The quantitative estimate of drug-likeness (QED) is 0.617. The van der Waals surface area contributed by atoms with Gasteiger partial charge in [0.25, 0.3) is 5.91 Å². The molecular formula is C15H24ClN3O3. The lowest BCUT2D eigenvalue weighted by molar-refractivity contribution is -0.124. The van der Waals surface area contributed by atoms with Gasteiger partial charge >= 0.3 is 0 Å². The van der Waals surface area contributed by atoms with Gasteiger partial charge in [-0.1, -0.05) is 13.0 Å². The van der Waals surface area contributed by atoms with Gasteiger partial charge in [0.15, 0.2) is 0 Å². The molecule has 1 aromatic rings. The molecule has 6 nitrogen and oxygen atoms in total. The SMILES string of the molecule is CNCC(C)C(=O)NCCNC(=O)c1cccc(OC)c1.Cl. The van der Waals surface area contributed by atoms with Crippen molar-refractivity contribution in [3.8, 4) is 5.75 Å². The zero-order valence-electron chi connectivity index (χ0n) is 13.1. The number of benzene rings is 1. The molecule has 124 valence electrons. The average Bonchev–Trinajstić information content (AvgIpc) is 2.51. The molecule has 22 heavy (non-hydrogen) atoms. The number of carbonyl (C=O) groups is 2. The highest BCUT2D eigenvalue weighted by atomic mass is 35.5. The molecule has 0 bridgehead atoms. The molecule has 1 rings (SSSR count). The van der Waals surface area contributed by atoms with Crippen LogP contribution in [0.1, 0.15) is 17.3 Å². The van der Waals surface area contributed by atoms with E-state index < -0.39 is 0 Å². The van der Waals surface area contributed by atoms with E-state index in [2.05, 4.69) is 16.0 Å². The third-order valence-corrected chi connectivity index (χ3v) is 3.00. The summed E-state index contributed by atoms with van der Waals surface area (Å²) in [5.74, 6) is 0.326. The van der Waals surface area contributed by atoms with Crippen LogP contribution in [0.25, 0.3) is 0 Å². The molecule has 0 fully saturated rings. The molecule has 0 spiro atoms. The Morgan fingerprint density at radius 1 is 1.23 bits per heavy atom. The summed E-state index contributed by atoms with van der Waals surface area (Å²) in [6, 6.07) is 6.92. The van der Waals surface area contributed by atoms with Gasteiger partial charge in [-0.25, -0.2) is 0 Å². The first kappa shape index (κ1) is 20.2. The largest absolute Gasteiger partial charge is 0.497 e. The van der Waals surface area contributed by atoms with E-state index in [0.717, 1.165) is 0 Å². The Bertz CT molecular complexity index is 483. The number of ether oxygens (including phenoxy) is 1. The Balaban J connectivity index is 0.00000441. The summed E-state index contributed by atoms with van der Waals surface area (Å²) in [6.45, 7) is 3.26. The summed E-state index contributed by atoms with van der Waals surface area (Å²) >= 11 is 0. The second kappa shape index (κ2) is 10.9. The van der Waals surface area contributed by atoms with Crippen molar-refractivity contribution in [2.75, 3.05) is 33.8 Å². The van der Waals surface area contributed by atoms with Gasteiger partial charge < -0.3 is 20.7 Å². The summed E-state index contributed by atoms with van der Waals surface area (Å²) in [5.41, 5.74) is 0.532. The van der Waals surface area contributed by atoms with E-state index in [1.165, 1.54) is 0 Å². The standard InChI is InChI=1S/C15H23N3O3.ClH/c1-11(10-16-2)14(19)17-7-8-18-15(20)12-5-4-6-13(9-12)21-3;/h4-6,9,11,16H,7-8,10H2,1-3H3,(H,17,19)(H,18,20);1H. The predicted octanol–water partition coefficient (Wildman–Crippen LogP) is 0.818. The van der Waals surface area contributed by atoms with Crippen LogP contribution in [0.2, 0.25) is 0 Å². The molecule has 0 radical (unpaired) electrons. The fraction of sp³-hybridized carbons (Fsp3) is 0.467. The van der Waals surface area contributed by atoms with Crippen molar-refractivity contribution in [3.05, 3.63) is 29.8 Å². The number of halogens is 1. The zero-order chi connectivity index (χ0) is 15.7. The highest BCUT2D eigenvalue weighted by Gasteiger charge is 2.11. The van der Waals surface area contributed by atoms with Gasteiger partial charge in [0.05, 0.1) is 7.11 Å². The van der Waals surface area contributed by atoms with E-state index in [-0.39, 0.29) is 30.1 Å². The molecule has 7 heteroatoms. The monoisotopic (exact) mass is 329 g/mol. The van der Waals surface area contributed by atoms with E-state index in [4.69, 9.17) is 4.74 Å². The summed E-state index contributed by atoms with van der Waals surface area (Å²) in [6.07, 6.45) is 0. The van der Waals surface area contributed by atoms with Crippen molar-refractivity contribution in [2.45, 2.75) is 6.92 Å². The smallest absolute Gasteiger partial charge is 0.251 e. The first-order valence-electron chi connectivity index (χ1n) is 6.93. The van der Waals surface area contributed by atoms with Gasteiger partial charge in [0, 0.05) is 31.1 Å². The summed E-state index contributed by atoms with van der Waals surface area (Å²) in [5, 5.41) is 8.48. The normalized spacial score (nSPS) is 11.0. The molecule has 0 aliphatic heterocycles. The number of nitrogens with one attached hydrogen (secondary N) is 3. The van der Waals surface area contributed by atoms with Crippen molar-refractivity contribution >= 4 is 24.2 Å². The molecule has 2 amide bonds. The summed E-state index contributed by atoms with van der Waals surface area (Å²) < 4.78 is 5.07. The molecule has 1 atom stereocenters. The Hall–Kier alpha value is -1.79. The van der Waals surface area contributed by atoms with Crippen molar-refractivity contribution in [3.63, 3.8) is 0 Å². The molecule has 0 saturated carbocycles. The van der Waals surface area contributed by atoms with Crippen LogP contribution in [-0.2, 0) is 4.79 Å². The van der Waals surface area contributed by atoms with E-state index in [9.17, 15) is 9.59 Å². The molecule has 0 aliphatic carbocycles. The molecule has 0 aromatic heterocycles. The Morgan fingerprint density at radius 3 is 2.55 bits per heavy atom. The summed E-state index contributed by atoms with van der Waals surface area (Å²) in [7, 11) is 3.36. The molecule has 3 N–H and O–H groups in total. The second-order valence-electron chi connectivity index (χ2n) is 4.74. The number of rotatable bonds is 8. The fourth-order valence-electron chi connectivity index (χ4n) is 1.80. The maximum atomic E-state index is 11.9. The van der Waals surface area contributed by atoms with Crippen molar-refractivity contribution in [1.29, 1.82) is 0 Å². The minimum Gasteiger partial charge on any atom is -0.497 e. The van der Waals surface area contributed by atoms with Gasteiger partial charge in [-0.15, -0.1) is 12.4 Å². The van der Waals surface area contributed by atoms with E-state index in [1.807, 2.05) is 6.92 Å². The van der Waals surface area contributed by atoms with Crippen molar-refractivity contribution < 1.29 is 14.3 Å². The van der Waals surface area contributed by atoms with Crippen LogP contribution in [-0.4, -0.2) is 45.6 Å². The lowest BCUT2D eigenvalue weighted by atomic mass is 10.1. The van der Waals surface area contributed by atoms with Crippen LogP contribution in [0.5, 0.6) is 5.75 Å². The van der Waals surface area contributed by atoms with Crippen LogP contribution in [0.4, 0.5) is 0 Å². The highest BCUT2D eigenvalue weighted by molar-refractivity contribution is 5.94. The van der Waals surface area contributed by atoms with Crippen LogP contribution in [0, 0.1) is 5.92 Å². The van der Waals surface area contributed by atoms with E-state index in [0.29, 0.717) is 30.9 Å².